The van der Waals surface area contributed by atoms with Crippen LogP contribution in [0.25, 0.3) is 10.9 Å². The smallest absolute Gasteiger partial charge is 0.336 e. The molecule has 0 bridgehead atoms. The lowest BCUT2D eigenvalue weighted by molar-refractivity contribution is -0.133. The molecular formula is C20H22FN3O3. The van der Waals surface area contributed by atoms with Crippen LogP contribution in [-0.4, -0.2) is 37.0 Å². The second-order valence-electron chi connectivity index (χ2n) is 6.43. The number of aliphatic carboxylic acids is 1. The number of halogens is 1. The molecule has 1 aromatic heterocycles. The maximum Gasteiger partial charge on any atom is 0.336 e. The van der Waals surface area contributed by atoms with Crippen LogP contribution in [0.4, 0.5) is 4.39 Å². The maximum atomic E-state index is 14.5. The third-order valence-corrected chi connectivity index (χ3v) is 4.73. The zero-order valence-electron chi connectivity index (χ0n) is 15.5. The second-order valence-corrected chi connectivity index (χ2v) is 6.43. The number of nitrogens with zero attached hydrogens (tertiary/aromatic N) is 3. The van der Waals surface area contributed by atoms with E-state index < -0.39 is 17.9 Å². The fourth-order valence-corrected chi connectivity index (χ4v) is 3.37. The molecule has 1 aliphatic heterocycles. The van der Waals surface area contributed by atoms with Crippen molar-refractivity contribution in [2.24, 2.45) is 7.05 Å². The van der Waals surface area contributed by atoms with E-state index in [0.29, 0.717) is 12.2 Å². The third-order valence-electron chi connectivity index (χ3n) is 4.73. The van der Waals surface area contributed by atoms with Gasteiger partial charge in [0.1, 0.15) is 11.9 Å². The lowest BCUT2D eigenvalue weighted by Gasteiger charge is -2.34. The van der Waals surface area contributed by atoms with Gasteiger partial charge in [-0.3, -0.25) is 4.68 Å². The Morgan fingerprint density at radius 2 is 2.15 bits per heavy atom. The van der Waals surface area contributed by atoms with Crippen molar-refractivity contribution in [1.29, 1.82) is 0 Å². The zero-order valence-corrected chi connectivity index (χ0v) is 15.5. The first kappa shape index (κ1) is 18.8. The molecular weight excluding hydrogens is 349 g/mol. The lowest BCUT2D eigenvalue weighted by atomic mass is 9.92. The molecule has 2 N–H and O–H groups in total. The largest absolute Gasteiger partial charge is 0.478 e. The quantitative estimate of drug-likeness (QED) is 0.863. The first-order valence-electron chi connectivity index (χ1n) is 8.72. The van der Waals surface area contributed by atoms with Gasteiger partial charge in [0.05, 0.1) is 17.3 Å². The maximum absolute atomic E-state index is 14.5. The summed E-state index contributed by atoms with van der Waals surface area (Å²) in [5, 5.41) is 25.0. The Balaban J connectivity index is 2.06. The number of fused-ring (bicyclic) bond motifs is 1. The monoisotopic (exact) mass is 371 g/mol. The summed E-state index contributed by atoms with van der Waals surface area (Å²) >= 11 is 0. The van der Waals surface area contributed by atoms with Crippen LogP contribution in [-0.2, 0) is 18.4 Å². The topological polar surface area (TPSA) is 78.6 Å². The van der Waals surface area contributed by atoms with Crippen molar-refractivity contribution < 1.29 is 19.4 Å². The Morgan fingerprint density at radius 1 is 1.41 bits per heavy atom. The Morgan fingerprint density at radius 3 is 2.78 bits per heavy atom. The van der Waals surface area contributed by atoms with Gasteiger partial charge in [0.15, 0.2) is 0 Å². The molecule has 142 valence electrons. The van der Waals surface area contributed by atoms with Crippen LogP contribution in [0.5, 0.6) is 0 Å². The lowest BCUT2D eigenvalue weighted by Crippen LogP contribution is -2.34. The van der Waals surface area contributed by atoms with Crippen LogP contribution in [0.2, 0.25) is 0 Å². The predicted molar refractivity (Wildman–Crippen MR) is 100 cm³/mol. The first-order valence-corrected chi connectivity index (χ1v) is 8.72. The Bertz CT molecular complexity index is 988. The van der Waals surface area contributed by atoms with E-state index in [1.54, 1.807) is 35.7 Å². The molecule has 1 unspecified atom stereocenters. The summed E-state index contributed by atoms with van der Waals surface area (Å²) in [5.74, 6) is -1.79. The second kappa shape index (κ2) is 7.36. The minimum atomic E-state index is -1.49. The number of hydrogen-bond donors (Lipinski definition) is 2. The number of aliphatic hydroxyl groups excluding tert-OH is 1. The van der Waals surface area contributed by atoms with Crippen LogP contribution in [0.3, 0.4) is 0 Å². The van der Waals surface area contributed by atoms with E-state index in [0.717, 1.165) is 16.5 Å². The number of aliphatic hydroxyl groups is 1. The van der Waals surface area contributed by atoms with Crippen LogP contribution in [0.15, 0.2) is 59.3 Å². The predicted octanol–water partition coefficient (Wildman–Crippen LogP) is 3.26. The summed E-state index contributed by atoms with van der Waals surface area (Å²) in [6.07, 6.45) is 3.40. The van der Waals surface area contributed by atoms with Gasteiger partial charge in [-0.1, -0.05) is 19.1 Å². The molecule has 1 aliphatic rings. The average molecular weight is 371 g/mol. The number of benzene rings is 1. The van der Waals surface area contributed by atoms with Gasteiger partial charge in [-0.05, 0) is 31.0 Å². The molecule has 0 fully saturated rings. The fourth-order valence-electron chi connectivity index (χ4n) is 3.37. The highest BCUT2D eigenvalue weighted by molar-refractivity contribution is 5.89. The van der Waals surface area contributed by atoms with Gasteiger partial charge in [-0.15, -0.1) is 0 Å². The fraction of sp³-hybridized carbons (Fsp3) is 0.300. The molecule has 2 heterocycles. The third kappa shape index (κ3) is 3.38. The summed E-state index contributed by atoms with van der Waals surface area (Å²) in [6, 6.07) is 5.83. The van der Waals surface area contributed by atoms with Crippen LogP contribution in [0, 0.1) is 0 Å². The highest BCUT2D eigenvalue weighted by Gasteiger charge is 2.34. The molecule has 0 saturated carbocycles. The molecule has 0 amide bonds. The molecule has 6 nitrogen and oxygen atoms in total. The molecule has 3 rings (SSSR count). The minimum absolute atomic E-state index is 0.0161. The van der Waals surface area contributed by atoms with E-state index in [4.69, 9.17) is 0 Å². The summed E-state index contributed by atoms with van der Waals surface area (Å²) in [4.78, 5) is 13.2. The van der Waals surface area contributed by atoms with Gasteiger partial charge in [0, 0.05) is 36.4 Å². The first-order chi connectivity index (χ1) is 12.9. The average Bonchev–Trinajstić information content (AvgIpc) is 3.02. The molecule has 0 radical (unpaired) electrons. The number of aryl methyl sites for hydroxylation is 1. The highest BCUT2D eigenvalue weighted by atomic mass is 19.1. The van der Waals surface area contributed by atoms with Crippen molar-refractivity contribution in [3.8, 4) is 0 Å². The van der Waals surface area contributed by atoms with Crippen molar-refractivity contribution >= 4 is 16.9 Å². The molecule has 1 aromatic carbocycles. The van der Waals surface area contributed by atoms with E-state index in [9.17, 15) is 19.4 Å². The summed E-state index contributed by atoms with van der Waals surface area (Å²) < 4.78 is 16.3. The number of aromatic nitrogens is 2. The van der Waals surface area contributed by atoms with Gasteiger partial charge in [0.25, 0.3) is 0 Å². The number of rotatable bonds is 4. The van der Waals surface area contributed by atoms with Crippen molar-refractivity contribution in [1.82, 2.24) is 14.7 Å². The van der Waals surface area contributed by atoms with Crippen LogP contribution >= 0.6 is 0 Å². The number of carboxylic acid groups (broad SMARTS) is 1. The number of hydrogen-bond acceptors (Lipinski definition) is 4. The Labute approximate surface area is 156 Å². The van der Waals surface area contributed by atoms with Gasteiger partial charge >= 0.3 is 5.97 Å². The highest BCUT2D eigenvalue weighted by Crippen LogP contribution is 2.34. The Kier molecular flexibility index (Phi) is 5.14. The number of allylic oxidation sites excluding steroid dienone is 2. The Hall–Kier alpha value is -2.93. The summed E-state index contributed by atoms with van der Waals surface area (Å²) in [6.45, 7) is 3.71. The zero-order chi connectivity index (χ0) is 19.7. The van der Waals surface area contributed by atoms with Gasteiger partial charge in [-0.2, -0.15) is 5.10 Å². The summed E-state index contributed by atoms with van der Waals surface area (Å²) in [5.41, 5.74) is 2.14. The molecule has 0 aliphatic carbocycles. The normalized spacial score (nSPS) is 20.9. The van der Waals surface area contributed by atoms with Crippen molar-refractivity contribution in [2.45, 2.75) is 32.9 Å². The summed E-state index contributed by atoms with van der Waals surface area (Å²) in [7, 11) is 1.86. The van der Waals surface area contributed by atoms with Crippen molar-refractivity contribution in [3.05, 3.63) is 64.9 Å². The van der Waals surface area contributed by atoms with Gasteiger partial charge in [0.2, 0.25) is 0 Å². The van der Waals surface area contributed by atoms with Crippen LogP contribution < -0.4 is 0 Å². The molecule has 0 spiro atoms. The number of carbonyl (C=O) groups is 1. The molecule has 7 heteroatoms. The van der Waals surface area contributed by atoms with E-state index in [-0.39, 0.29) is 17.6 Å². The molecule has 2 aromatic rings. The number of carboxylic acids is 1. The molecule has 0 saturated heterocycles. The van der Waals surface area contributed by atoms with Crippen molar-refractivity contribution in [3.63, 3.8) is 0 Å². The standard InChI is InChI=1S/C20H22FN3O3/c1-4-15(21)18-16(5-2)24(11-14(19(18)25)20(26)27)10-12-6-7-17-13(8-12)9-22-23(17)3/h5-9,11,19,25H,4,10H2,1-3H3,(H,26,27)/b16-5+,18-15-. The van der Waals surface area contributed by atoms with E-state index >= 15 is 0 Å². The van der Waals surface area contributed by atoms with E-state index in [1.165, 1.54) is 6.20 Å². The van der Waals surface area contributed by atoms with Gasteiger partial charge < -0.3 is 15.1 Å². The molecule has 1 atom stereocenters. The minimum Gasteiger partial charge on any atom is -0.478 e. The van der Waals surface area contributed by atoms with E-state index in [2.05, 4.69) is 5.10 Å². The van der Waals surface area contributed by atoms with Crippen molar-refractivity contribution in [2.75, 3.05) is 0 Å². The van der Waals surface area contributed by atoms with E-state index in [1.807, 2.05) is 25.2 Å². The van der Waals surface area contributed by atoms with Gasteiger partial charge in [-0.25, -0.2) is 9.18 Å². The SMILES string of the molecule is C/C=C1\C(=C(\F)CC)C(O)C(C(=O)O)=CN1Cc1ccc2c(cnn2C)c1. The molecule has 27 heavy (non-hydrogen) atoms. The van der Waals surface area contributed by atoms with Crippen LogP contribution in [0.1, 0.15) is 25.8 Å².